The minimum absolute atomic E-state index is 0.0158. The van der Waals surface area contributed by atoms with Gasteiger partial charge < -0.3 is 39.7 Å². The predicted molar refractivity (Wildman–Crippen MR) is 188 cm³/mol. The summed E-state index contributed by atoms with van der Waals surface area (Å²) >= 11 is 0. The molecule has 1 aromatic carbocycles. The minimum atomic E-state index is -4.68. The molecule has 3 heterocycles. The van der Waals surface area contributed by atoms with Crippen molar-refractivity contribution in [2.75, 3.05) is 26.6 Å². The van der Waals surface area contributed by atoms with Gasteiger partial charge in [-0.25, -0.2) is 14.1 Å². The van der Waals surface area contributed by atoms with Crippen LogP contribution < -0.4 is 21.1 Å². The predicted octanol–water partition coefficient (Wildman–Crippen LogP) is 2.18. The number of anilines is 1. The van der Waals surface area contributed by atoms with Crippen molar-refractivity contribution in [3.8, 4) is 11.8 Å². The van der Waals surface area contributed by atoms with Crippen LogP contribution in [0.1, 0.15) is 52.0 Å². The van der Waals surface area contributed by atoms with Gasteiger partial charge in [0.05, 0.1) is 31.7 Å². The maximum absolute atomic E-state index is 14.5. The number of carbonyl (C=O) groups is 4. The lowest BCUT2D eigenvalue weighted by Gasteiger charge is -2.31. The maximum Gasteiger partial charge on any atom is 0.459 e. The standard InChI is InChI=1S/C34H44N7O12P/c1-18(2)30(42)50-27-26(24-12-13-25-29(37)38-17-39-41(24)25)52-34(15-35,28(27)51-31(43)19(3)4)16-49-54(46,40-20(5)32(44)47-6)53-22-10-8-21(9-11-22)14-23(36)33(45)48-7/h8-13,17-20,23,26-28H,14,16,36H2,1-7H3,(H,40,46)(H2,37,38,39)/t20?,23?,26-,27-,28-,34+,54?/m0/s1. The Morgan fingerprint density at radius 1 is 0.981 bits per heavy atom. The number of benzene rings is 1. The molecule has 19 nitrogen and oxygen atoms in total. The number of rotatable bonds is 16. The molecular formula is C34H44N7O12P. The molecule has 0 amide bonds. The van der Waals surface area contributed by atoms with Crippen molar-refractivity contribution in [1.29, 1.82) is 5.26 Å². The third-order valence-corrected chi connectivity index (χ3v) is 9.91. The Bertz CT molecular complexity index is 1930. The van der Waals surface area contributed by atoms with E-state index >= 15 is 0 Å². The van der Waals surface area contributed by atoms with Crippen LogP contribution in [0.4, 0.5) is 5.82 Å². The Hall–Kier alpha value is -5.12. The number of nitriles is 1. The maximum atomic E-state index is 14.5. The summed E-state index contributed by atoms with van der Waals surface area (Å²) in [6.45, 7) is 6.71. The van der Waals surface area contributed by atoms with Crippen molar-refractivity contribution in [2.24, 2.45) is 17.6 Å². The van der Waals surface area contributed by atoms with Gasteiger partial charge in [0.15, 0.2) is 18.0 Å². The van der Waals surface area contributed by atoms with Crippen LogP contribution in [-0.4, -0.2) is 89.2 Å². The molecule has 3 unspecified atom stereocenters. The molecule has 20 heteroatoms. The first kappa shape index (κ1) is 41.6. The Morgan fingerprint density at radius 3 is 2.20 bits per heavy atom. The van der Waals surface area contributed by atoms with Crippen molar-refractivity contribution >= 4 is 43.0 Å². The van der Waals surface area contributed by atoms with Gasteiger partial charge in [-0.1, -0.05) is 39.8 Å². The molecule has 4 rings (SSSR count). The van der Waals surface area contributed by atoms with Crippen LogP contribution >= 0.6 is 7.75 Å². The second-order valence-corrected chi connectivity index (χ2v) is 14.7. The summed E-state index contributed by atoms with van der Waals surface area (Å²) < 4.78 is 55.1. The van der Waals surface area contributed by atoms with Gasteiger partial charge >= 0.3 is 31.6 Å². The normalized spacial score (nSPS) is 21.8. The summed E-state index contributed by atoms with van der Waals surface area (Å²) in [4.78, 5) is 54.5. The largest absolute Gasteiger partial charge is 0.468 e. The second kappa shape index (κ2) is 17.3. The average molecular weight is 774 g/mol. The van der Waals surface area contributed by atoms with Gasteiger partial charge in [0, 0.05) is 0 Å². The smallest absolute Gasteiger partial charge is 0.459 e. The van der Waals surface area contributed by atoms with E-state index in [1.54, 1.807) is 52.0 Å². The molecule has 0 aliphatic carbocycles. The van der Waals surface area contributed by atoms with Crippen LogP contribution in [-0.2, 0) is 58.4 Å². The zero-order valence-electron chi connectivity index (χ0n) is 30.8. The molecule has 1 aliphatic rings. The van der Waals surface area contributed by atoms with E-state index in [-0.39, 0.29) is 23.7 Å². The van der Waals surface area contributed by atoms with Crippen LogP contribution in [0.2, 0.25) is 0 Å². The highest BCUT2D eigenvalue weighted by Crippen LogP contribution is 2.50. The number of ether oxygens (including phenoxy) is 5. The summed E-state index contributed by atoms with van der Waals surface area (Å²) in [5.74, 6) is -4.17. The van der Waals surface area contributed by atoms with Gasteiger partial charge in [0.1, 0.15) is 48.5 Å². The summed E-state index contributed by atoms with van der Waals surface area (Å²) in [5.41, 5.74) is 10.8. The Labute approximate surface area is 311 Å². The topological polar surface area (TPSA) is 268 Å². The second-order valence-electron chi connectivity index (χ2n) is 13.0. The van der Waals surface area contributed by atoms with Crippen molar-refractivity contribution < 1.29 is 56.5 Å². The number of nitrogen functional groups attached to an aromatic ring is 1. The Kier molecular flexibility index (Phi) is 13.4. The minimum Gasteiger partial charge on any atom is -0.468 e. The van der Waals surface area contributed by atoms with E-state index in [4.69, 9.17) is 39.5 Å². The first-order valence-corrected chi connectivity index (χ1v) is 18.3. The third kappa shape index (κ3) is 9.32. The summed E-state index contributed by atoms with van der Waals surface area (Å²) in [6, 6.07) is 8.89. The fourth-order valence-electron chi connectivity index (χ4n) is 5.31. The average Bonchev–Trinajstić information content (AvgIpc) is 3.70. The Morgan fingerprint density at radius 2 is 1.61 bits per heavy atom. The number of hydrogen-bond acceptors (Lipinski definition) is 17. The van der Waals surface area contributed by atoms with Crippen molar-refractivity contribution in [3.63, 3.8) is 0 Å². The van der Waals surface area contributed by atoms with E-state index in [9.17, 15) is 29.0 Å². The Balaban J connectivity index is 1.76. The number of nitrogens with two attached hydrogens (primary N) is 2. The fraction of sp³-hybridized carbons (Fsp3) is 0.500. The van der Waals surface area contributed by atoms with Crippen LogP contribution in [0.15, 0.2) is 42.7 Å². The first-order chi connectivity index (χ1) is 25.5. The monoisotopic (exact) mass is 773 g/mol. The molecule has 0 radical (unpaired) electrons. The lowest BCUT2D eigenvalue weighted by molar-refractivity contribution is -0.173. The molecule has 0 spiro atoms. The SMILES string of the molecule is COC(=O)C(N)Cc1ccc(OP(=O)(NC(C)C(=O)OC)OC[C@@]2(C#N)O[C@@H](c3ccc4c(N)ncnn34)[C@H](OC(=O)C(C)C)[C@@H]2OC(=O)C(C)C)cc1. The van der Waals surface area contributed by atoms with Gasteiger partial charge in [-0.15, -0.1) is 0 Å². The molecule has 2 aromatic heterocycles. The van der Waals surface area contributed by atoms with Crippen LogP contribution in [0, 0.1) is 23.2 Å². The van der Waals surface area contributed by atoms with Crippen LogP contribution in [0.5, 0.6) is 5.75 Å². The highest BCUT2D eigenvalue weighted by Gasteiger charge is 2.62. The number of nitrogens with one attached hydrogen (secondary N) is 1. The highest BCUT2D eigenvalue weighted by molar-refractivity contribution is 7.52. The third-order valence-electron chi connectivity index (χ3n) is 8.29. The van der Waals surface area contributed by atoms with Gasteiger partial charge in [-0.05, 0) is 43.2 Å². The molecule has 5 N–H and O–H groups in total. The number of carbonyl (C=O) groups excluding carboxylic acids is 4. The van der Waals surface area contributed by atoms with E-state index < -0.39 is 86.1 Å². The molecule has 292 valence electrons. The summed E-state index contributed by atoms with van der Waals surface area (Å²) in [6.07, 6.45) is -3.15. The number of hydrogen-bond donors (Lipinski definition) is 3. The molecule has 7 atom stereocenters. The highest BCUT2D eigenvalue weighted by atomic mass is 31.2. The molecule has 0 bridgehead atoms. The number of esters is 4. The summed E-state index contributed by atoms with van der Waals surface area (Å²) in [5, 5.41) is 17.6. The van der Waals surface area contributed by atoms with E-state index in [0.717, 1.165) is 7.11 Å². The van der Waals surface area contributed by atoms with E-state index in [1.807, 2.05) is 6.07 Å². The van der Waals surface area contributed by atoms with Gasteiger partial charge in [-0.2, -0.15) is 15.4 Å². The molecule has 1 aliphatic heterocycles. The summed E-state index contributed by atoms with van der Waals surface area (Å²) in [7, 11) is -2.34. The van der Waals surface area contributed by atoms with E-state index in [0.29, 0.717) is 11.1 Å². The van der Waals surface area contributed by atoms with E-state index in [2.05, 4.69) is 19.9 Å². The van der Waals surface area contributed by atoms with Gasteiger partial charge in [0.25, 0.3) is 0 Å². The zero-order valence-corrected chi connectivity index (χ0v) is 31.7. The number of nitrogens with zero attached hydrogens (tertiary/aromatic N) is 4. The number of methoxy groups -OCH3 is 2. The van der Waals surface area contributed by atoms with Gasteiger partial charge in [-0.3, -0.25) is 23.7 Å². The fourth-order valence-corrected chi connectivity index (χ4v) is 6.83. The molecule has 3 aromatic rings. The lowest BCUT2D eigenvalue weighted by Crippen LogP contribution is -2.50. The molecule has 0 saturated carbocycles. The van der Waals surface area contributed by atoms with Crippen molar-refractivity contribution in [1.82, 2.24) is 19.7 Å². The number of aromatic nitrogens is 3. The van der Waals surface area contributed by atoms with Crippen molar-refractivity contribution in [3.05, 3.63) is 54.0 Å². The van der Waals surface area contributed by atoms with Crippen LogP contribution in [0.3, 0.4) is 0 Å². The van der Waals surface area contributed by atoms with E-state index in [1.165, 1.54) is 37.0 Å². The molecule has 1 saturated heterocycles. The molecule has 54 heavy (non-hydrogen) atoms. The van der Waals surface area contributed by atoms with Crippen molar-refractivity contribution in [2.45, 2.75) is 77.0 Å². The first-order valence-electron chi connectivity index (χ1n) is 16.8. The quantitative estimate of drug-likeness (QED) is 0.107. The lowest BCUT2D eigenvalue weighted by atomic mass is 9.95. The molecular weight excluding hydrogens is 729 g/mol. The number of fused-ring (bicyclic) bond motifs is 1. The zero-order chi connectivity index (χ0) is 40.0. The van der Waals surface area contributed by atoms with Crippen LogP contribution in [0.25, 0.3) is 5.52 Å². The van der Waals surface area contributed by atoms with Gasteiger partial charge in [0.2, 0.25) is 5.60 Å². The molecule has 1 fully saturated rings.